The second-order valence-corrected chi connectivity index (χ2v) is 10.7. The average Bonchev–Trinajstić information content (AvgIpc) is 3.26. The molecule has 2 aliphatic heterocycles. The molecule has 0 aromatic rings. The molecule has 2 heterocycles. The molecule has 1 saturated heterocycles. The van der Waals surface area contributed by atoms with E-state index in [1.165, 1.54) is 12.8 Å². The molecule has 0 bridgehead atoms. The molecule has 0 spiro atoms. The molecular formula is C24H39NO4. The SMILES string of the molecule is CCCCNC[C@@]1(C)[C@H]2CC[C@@]3(C)O[C@H](C4=CCOC4=O)C[C@H]3[C@]2(C)CC[C@H]1O. The Morgan fingerprint density at radius 1 is 1.21 bits per heavy atom. The first-order chi connectivity index (χ1) is 13.7. The second kappa shape index (κ2) is 7.65. The highest BCUT2D eigenvalue weighted by Gasteiger charge is 2.65. The summed E-state index contributed by atoms with van der Waals surface area (Å²) in [6.07, 6.45) is 8.70. The van der Waals surface area contributed by atoms with E-state index in [1.54, 1.807) is 0 Å². The maximum absolute atomic E-state index is 12.1. The number of hydrogen-bond acceptors (Lipinski definition) is 5. The minimum absolute atomic E-state index is 0.116. The molecule has 0 aromatic carbocycles. The van der Waals surface area contributed by atoms with Crippen LogP contribution in [0.15, 0.2) is 11.6 Å². The average molecular weight is 406 g/mol. The van der Waals surface area contributed by atoms with Crippen LogP contribution in [0.5, 0.6) is 0 Å². The zero-order chi connectivity index (χ0) is 20.9. The summed E-state index contributed by atoms with van der Waals surface area (Å²) in [5, 5.41) is 14.7. The monoisotopic (exact) mass is 405 g/mol. The summed E-state index contributed by atoms with van der Waals surface area (Å²) in [6.45, 7) is 11.5. The third kappa shape index (κ3) is 3.37. The van der Waals surface area contributed by atoms with E-state index < -0.39 is 0 Å². The summed E-state index contributed by atoms with van der Waals surface area (Å²) in [5.41, 5.74) is 0.524. The molecule has 2 aliphatic carbocycles. The first-order valence-electron chi connectivity index (χ1n) is 11.7. The van der Waals surface area contributed by atoms with Gasteiger partial charge in [0.1, 0.15) is 6.61 Å². The number of aliphatic hydroxyl groups is 1. The van der Waals surface area contributed by atoms with Crippen LogP contribution in [0.25, 0.3) is 0 Å². The molecule has 3 fully saturated rings. The first kappa shape index (κ1) is 21.3. The lowest BCUT2D eigenvalue weighted by Gasteiger charge is -2.62. The summed E-state index contributed by atoms with van der Waals surface area (Å²) in [6, 6.07) is 0. The third-order valence-corrected chi connectivity index (χ3v) is 8.95. The number of ether oxygens (including phenoxy) is 2. The minimum Gasteiger partial charge on any atom is -0.458 e. The van der Waals surface area contributed by atoms with Crippen molar-refractivity contribution in [1.82, 2.24) is 5.32 Å². The van der Waals surface area contributed by atoms with E-state index >= 15 is 0 Å². The second-order valence-electron chi connectivity index (χ2n) is 10.7. The van der Waals surface area contributed by atoms with Gasteiger partial charge in [0.2, 0.25) is 0 Å². The molecule has 2 N–H and O–H groups in total. The van der Waals surface area contributed by atoms with Gasteiger partial charge in [0.05, 0.1) is 23.4 Å². The van der Waals surface area contributed by atoms with E-state index in [0.29, 0.717) is 18.4 Å². The van der Waals surface area contributed by atoms with Gasteiger partial charge in [0.25, 0.3) is 0 Å². The zero-order valence-corrected chi connectivity index (χ0v) is 18.6. The summed E-state index contributed by atoms with van der Waals surface area (Å²) in [7, 11) is 0. The van der Waals surface area contributed by atoms with Crippen molar-refractivity contribution in [3.63, 3.8) is 0 Å². The van der Waals surface area contributed by atoms with Crippen LogP contribution >= 0.6 is 0 Å². The number of unbranched alkanes of at least 4 members (excludes halogenated alkanes) is 1. The van der Waals surface area contributed by atoms with Crippen molar-refractivity contribution < 1.29 is 19.4 Å². The van der Waals surface area contributed by atoms with Crippen LogP contribution in [-0.2, 0) is 14.3 Å². The van der Waals surface area contributed by atoms with Crippen molar-refractivity contribution in [2.45, 2.75) is 90.4 Å². The Balaban J connectivity index is 1.57. The fourth-order valence-corrected chi connectivity index (χ4v) is 7.29. The third-order valence-electron chi connectivity index (χ3n) is 8.95. The number of hydrogen-bond donors (Lipinski definition) is 2. The molecule has 29 heavy (non-hydrogen) atoms. The fourth-order valence-electron chi connectivity index (χ4n) is 7.29. The maximum Gasteiger partial charge on any atom is 0.336 e. The number of carbonyl (C=O) groups excluding carboxylic acids is 1. The van der Waals surface area contributed by atoms with Crippen molar-refractivity contribution >= 4 is 5.97 Å². The molecule has 0 unspecified atom stereocenters. The normalized spacial score (nSPS) is 46.8. The summed E-state index contributed by atoms with van der Waals surface area (Å²) < 4.78 is 11.7. The van der Waals surface area contributed by atoms with Crippen LogP contribution in [0, 0.1) is 22.7 Å². The quantitative estimate of drug-likeness (QED) is 0.522. The van der Waals surface area contributed by atoms with E-state index in [1.807, 2.05) is 6.08 Å². The molecule has 0 aromatic heterocycles. The molecule has 7 atom stereocenters. The van der Waals surface area contributed by atoms with Crippen LogP contribution in [0.2, 0.25) is 0 Å². The Kier molecular flexibility index (Phi) is 5.63. The van der Waals surface area contributed by atoms with Gasteiger partial charge in [-0.1, -0.05) is 27.2 Å². The molecule has 5 heteroatoms. The summed E-state index contributed by atoms with van der Waals surface area (Å²) in [5.74, 6) is 0.649. The van der Waals surface area contributed by atoms with Crippen LogP contribution in [0.4, 0.5) is 0 Å². The van der Waals surface area contributed by atoms with Crippen LogP contribution < -0.4 is 5.32 Å². The highest BCUT2D eigenvalue weighted by Crippen LogP contribution is 2.66. The molecule has 4 aliphatic rings. The Labute approximate surface area is 175 Å². The first-order valence-corrected chi connectivity index (χ1v) is 11.7. The molecule has 0 amide bonds. The van der Waals surface area contributed by atoms with E-state index in [-0.39, 0.29) is 34.6 Å². The number of cyclic esters (lactones) is 1. The summed E-state index contributed by atoms with van der Waals surface area (Å²) >= 11 is 0. The van der Waals surface area contributed by atoms with Gasteiger partial charge in [-0.3, -0.25) is 0 Å². The van der Waals surface area contributed by atoms with E-state index in [0.717, 1.165) is 50.8 Å². The van der Waals surface area contributed by atoms with Crippen molar-refractivity contribution in [3.8, 4) is 0 Å². The van der Waals surface area contributed by atoms with Crippen molar-refractivity contribution in [3.05, 3.63) is 11.6 Å². The largest absolute Gasteiger partial charge is 0.458 e. The number of fused-ring (bicyclic) bond motifs is 3. The lowest BCUT2D eigenvalue weighted by molar-refractivity contribution is -0.185. The minimum atomic E-state index is -0.260. The topological polar surface area (TPSA) is 67.8 Å². The van der Waals surface area contributed by atoms with Crippen LogP contribution in [0.3, 0.4) is 0 Å². The van der Waals surface area contributed by atoms with Gasteiger partial charge in [-0.15, -0.1) is 0 Å². The van der Waals surface area contributed by atoms with Gasteiger partial charge in [0, 0.05) is 12.0 Å². The molecule has 164 valence electrons. The van der Waals surface area contributed by atoms with E-state index in [9.17, 15) is 9.90 Å². The Bertz CT molecular complexity index is 678. The van der Waals surface area contributed by atoms with E-state index in [2.05, 4.69) is 33.0 Å². The van der Waals surface area contributed by atoms with Gasteiger partial charge >= 0.3 is 5.97 Å². The Morgan fingerprint density at radius 3 is 2.69 bits per heavy atom. The van der Waals surface area contributed by atoms with Gasteiger partial charge in [-0.05, 0) is 75.3 Å². The predicted octanol–water partition coefficient (Wildman–Crippen LogP) is 3.60. The van der Waals surface area contributed by atoms with Gasteiger partial charge in [-0.2, -0.15) is 0 Å². The van der Waals surface area contributed by atoms with Crippen molar-refractivity contribution in [2.75, 3.05) is 19.7 Å². The van der Waals surface area contributed by atoms with Gasteiger partial charge < -0.3 is 19.9 Å². The number of carbonyl (C=O) groups is 1. The maximum atomic E-state index is 12.1. The Hall–Kier alpha value is -0.910. The predicted molar refractivity (Wildman–Crippen MR) is 112 cm³/mol. The molecule has 4 rings (SSSR count). The standard InChI is InChI=1S/C24H39NO4/c1-5-6-12-25-15-23(3)18-7-11-24(4)19(22(18,2)10-8-20(23)26)14-17(29-24)16-9-13-28-21(16)27/h9,17-20,25-26H,5-8,10-15H2,1-4H3/t17-,18-,19-,20+,22+,23-,24+/m0/s1. The van der Waals surface area contributed by atoms with Crippen LogP contribution in [0.1, 0.15) is 72.6 Å². The molecular weight excluding hydrogens is 366 g/mol. The highest BCUT2D eigenvalue weighted by molar-refractivity contribution is 5.91. The lowest BCUT2D eigenvalue weighted by atomic mass is 9.44. The number of nitrogens with one attached hydrogen (secondary N) is 1. The van der Waals surface area contributed by atoms with Crippen LogP contribution in [-0.4, -0.2) is 48.6 Å². The fraction of sp³-hybridized carbons (Fsp3) is 0.875. The smallest absolute Gasteiger partial charge is 0.336 e. The zero-order valence-electron chi connectivity index (χ0n) is 18.6. The Morgan fingerprint density at radius 2 is 2.00 bits per heavy atom. The lowest BCUT2D eigenvalue weighted by Crippen LogP contribution is -2.62. The molecule has 5 nitrogen and oxygen atoms in total. The van der Waals surface area contributed by atoms with Gasteiger partial charge in [-0.25, -0.2) is 4.79 Å². The highest BCUT2D eigenvalue weighted by atomic mass is 16.5. The number of esters is 1. The summed E-state index contributed by atoms with van der Waals surface area (Å²) in [4.78, 5) is 12.1. The number of rotatable bonds is 6. The van der Waals surface area contributed by atoms with E-state index in [4.69, 9.17) is 9.47 Å². The number of aliphatic hydroxyl groups excluding tert-OH is 1. The van der Waals surface area contributed by atoms with Gasteiger partial charge in [0.15, 0.2) is 0 Å². The molecule has 2 saturated carbocycles. The molecule has 0 radical (unpaired) electrons. The van der Waals surface area contributed by atoms with Crippen molar-refractivity contribution in [2.24, 2.45) is 22.7 Å². The van der Waals surface area contributed by atoms with Crippen molar-refractivity contribution in [1.29, 1.82) is 0 Å².